The molecule has 2 N–H and O–H groups in total. The first-order valence-electron chi connectivity index (χ1n) is 6.81. The number of anilines is 1. The van der Waals surface area contributed by atoms with Crippen LogP contribution in [0.25, 0.3) is 10.9 Å². The highest BCUT2D eigenvalue weighted by molar-refractivity contribution is 7.15. The van der Waals surface area contributed by atoms with E-state index >= 15 is 0 Å². The van der Waals surface area contributed by atoms with Crippen molar-refractivity contribution in [3.05, 3.63) is 40.0 Å². The number of rotatable bonds is 3. The Morgan fingerprint density at radius 3 is 2.86 bits per heavy atom. The third-order valence-electron chi connectivity index (χ3n) is 3.56. The van der Waals surface area contributed by atoms with E-state index < -0.39 is 0 Å². The van der Waals surface area contributed by atoms with E-state index in [4.69, 9.17) is 0 Å². The summed E-state index contributed by atoms with van der Waals surface area (Å²) in [5.74, 6) is -0.158. The standard InChI is InChI=1S/C15H16N4OS/c1-4-13-18-19-15(21-13)17-14(20)10-5-6-12-11(7-10)8(2)9(3)16-12/h5-7,16H,4H2,1-3H3,(H,17,19,20). The fourth-order valence-electron chi connectivity index (χ4n) is 2.22. The van der Waals surface area contributed by atoms with Crippen molar-refractivity contribution in [1.82, 2.24) is 15.2 Å². The number of nitrogens with one attached hydrogen (secondary N) is 2. The molecule has 0 unspecified atom stereocenters. The van der Waals surface area contributed by atoms with Gasteiger partial charge in [0.25, 0.3) is 5.91 Å². The van der Waals surface area contributed by atoms with E-state index in [0.29, 0.717) is 10.7 Å². The van der Waals surface area contributed by atoms with Gasteiger partial charge in [0.2, 0.25) is 5.13 Å². The van der Waals surface area contributed by atoms with Crippen LogP contribution in [0.5, 0.6) is 0 Å². The highest BCUT2D eigenvalue weighted by Crippen LogP contribution is 2.23. The minimum absolute atomic E-state index is 0.158. The highest BCUT2D eigenvalue weighted by atomic mass is 32.1. The van der Waals surface area contributed by atoms with Gasteiger partial charge >= 0.3 is 0 Å². The molecule has 0 bridgehead atoms. The summed E-state index contributed by atoms with van der Waals surface area (Å²) in [4.78, 5) is 15.6. The molecule has 0 fully saturated rings. The molecule has 0 aliphatic rings. The van der Waals surface area contributed by atoms with Crippen molar-refractivity contribution in [3.8, 4) is 0 Å². The van der Waals surface area contributed by atoms with E-state index in [0.717, 1.165) is 28.0 Å². The second-order valence-electron chi connectivity index (χ2n) is 4.94. The number of nitrogens with zero attached hydrogens (tertiary/aromatic N) is 2. The molecule has 0 atom stereocenters. The Balaban J connectivity index is 1.88. The molecule has 0 radical (unpaired) electrons. The minimum Gasteiger partial charge on any atom is -0.358 e. The molecule has 21 heavy (non-hydrogen) atoms. The molecule has 1 aromatic carbocycles. The summed E-state index contributed by atoms with van der Waals surface area (Å²) in [6.07, 6.45) is 0.821. The van der Waals surface area contributed by atoms with Crippen LogP contribution in [0.3, 0.4) is 0 Å². The second kappa shape index (κ2) is 5.29. The smallest absolute Gasteiger partial charge is 0.257 e. The normalized spacial score (nSPS) is 11.0. The van der Waals surface area contributed by atoms with Gasteiger partial charge < -0.3 is 4.98 Å². The monoisotopic (exact) mass is 300 g/mol. The molecule has 0 aliphatic carbocycles. The Kier molecular flexibility index (Phi) is 3.47. The lowest BCUT2D eigenvalue weighted by Crippen LogP contribution is -2.11. The number of aromatic nitrogens is 3. The Labute approximate surface area is 126 Å². The first kappa shape index (κ1) is 13.8. The van der Waals surface area contributed by atoms with Crippen molar-refractivity contribution in [2.45, 2.75) is 27.2 Å². The third kappa shape index (κ3) is 2.54. The molecule has 1 amide bonds. The number of amides is 1. The van der Waals surface area contributed by atoms with Gasteiger partial charge in [-0.25, -0.2) is 0 Å². The largest absolute Gasteiger partial charge is 0.358 e. The summed E-state index contributed by atoms with van der Waals surface area (Å²) < 4.78 is 0. The van der Waals surface area contributed by atoms with E-state index in [1.54, 1.807) is 0 Å². The van der Waals surface area contributed by atoms with Gasteiger partial charge in [0.05, 0.1) is 0 Å². The third-order valence-corrected chi connectivity index (χ3v) is 4.54. The summed E-state index contributed by atoms with van der Waals surface area (Å²) >= 11 is 1.41. The number of benzene rings is 1. The Bertz CT molecular complexity index is 818. The van der Waals surface area contributed by atoms with Crippen molar-refractivity contribution in [3.63, 3.8) is 0 Å². The zero-order chi connectivity index (χ0) is 15.0. The summed E-state index contributed by atoms with van der Waals surface area (Å²) in [7, 11) is 0. The minimum atomic E-state index is -0.158. The second-order valence-corrected chi connectivity index (χ2v) is 6.01. The van der Waals surface area contributed by atoms with Gasteiger partial charge in [-0.1, -0.05) is 18.3 Å². The number of hydrogen-bond acceptors (Lipinski definition) is 4. The lowest BCUT2D eigenvalue weighted by molar-refractivity contribution is 0.102. The van der Waals surface area contributed by atoms with E-state index in [1.807, 2.05) is 39.0 Å². The number of aromatic amines is 1. The van der Waals surface area contributed by atoms with Crippen LogP contribution in [0.4, 0.5) is 5.13 Å². The lowest BCUT2D eigenvalue weighted by atomic mass is 10.1. The van der Waals surface area contributed by atoms with Crippen LogP contribution >= 0.6 is 11.3 Å². The summed E-state index contributed by atoms with van der Waals surface area (Å²) in [5, 5.41) is 13.3. The van der Waals surface area contributed by atoms with Crippen molar-refractivity contribution in [2.24, 2.45) is 0 Å². The summed E-state index contributed by atoms with van der Waals surface area (Å²) in [5.41, 5.74) is 3.96. The van der Waals surface area contributed by atoms with Crippen molar-refractivity contribution in [2.75, 3.05) is 5.32 Å². The maximum Gasteiger partial charge on any atom is 0.257 e. The fourth-order valence-corrected chi connectivity index (χ4v) is 2.89. The Hall–Kier alpha value is -2.21. The predicted octanol–water partition coefficient (Wildman–Crippen LogP) is 3.45. The topological polar surface area (TPSA) is 70.7 Å². The average molecular weight is 300 g/mol. The Morgan fingerprint density at radius 2 is 2.14 bits per heavy atom. The molecule has 0 saturated carbocycles. The molecule has 0 spiro atoms. The number of carbonyl (C=O) groups is 1. The molecule has 3 aromatic rings. The maximum absolute atomic E-state index is 12.3. The summed E-state index contributed by atoms with van der Waals surface area (Å²) in [6.45, 7) is 6.09. The fraction of sp³-hybridized carbons (Fsp3) is 0.267. The molecule has 6 heteroatoms. The highest BCUT2D eigenvalue weighted by Gasteiger charge is 2.12. The molecular weight excluding hydrogens is 284 g/mol. The van der Waals surface area contributed by atoms with Gasteiger partial charge in [-0.2, -0.15) is 0 Å². The van der Waals surface area contributed by atoms with Crippen molar-refractivity contribution < 1.29 is 4.79 Å². The molecular formula is C15H16N4OS. The van der Waals surface area contributed by atoms with Crippen LogP contribution in [0.15, 0.2) is 18.2 Å². The number of aryl methyl sites for hydroxylation is 3. The summed E-state index contributed by atoms with van der Waals surface area (Å²) in [6, 6.07) is 5.65. The molecule has 3 rings (SSSR count). The van der Waals surface area contributed by atoms with E-state index in [-0.39, 0.29) is 5.91 Å². The van der Waals surface area contributed by atoms with Crippen LogP contribution in [-0.2, 0) is 6.42 Å². The molecule has 108 valence electrons. The molecule has 0 saturated heterocycles. The molecule has 2 aromatic heterocycles. The van der Waals surface area contributed by atoms with Crippen molar-refractivity contribution in [1.29, 1.82) is 0 Å². The first-order chi connectivity index (χ1) is 10.1. The van der Waals surface area contributed by atoms with Gasteiger partial charge in [0.1, 0.15) is 5.01 Å². The van der Waals surface area contributed by atoms with E-state index in [9.17, 15) is 4.79 Å². The predicted molar refractivity (Wildman–Crippen MR) is 85.0 cm³/mol. The van der Waals surface area contributed by atoms with Crippen LogP contribution in [-0.4, -0.2) is 21.1 Å². The average Bonchev–Trinajstić information content (AvgIpc) is 3.04. The van der Waals surface area contributed by atoms with Gasteiger partial charge in [-0.15, -0.1) is 10.2 Å². The zero-order valence-corrected chi connectivity index (χ0v) is 13.0. The quantitative estimate of drug-likeness (QED) is 0.778. The molecule has 2 heterocycles. The maximum atomic E-state index is 12.3. The van der Waals surface area contributed by atoms with Gasteiger partial charge in [-0.05, 0) is 44.0 Å². The van der Waals surface area contributed by atoms with Crippen LogP contribution in [0.1, 0.15) is 33.5 Å². The molecule has 0 aliphatic heterocycles. The Morgan fingerprint density at radius 1 is 1.33 bits per heavy atom. The van der Waals surface area contributed by atoms with Crippen LogP contribution < -0.4 is 5.32 Å². The van der Waals surface area contributed by atoms with Crippen LogP contribution in [0, 0.1) is 13.8 Å². The molecule has 5 nitrogen and oxygen atoms in total. The SMILES string of the molecule is CCc1nnc(NC(=O)c2ccc3[nH]c(C)c(C)c3c2)s1. The zero-order valence-electron chi connectivity index (χ0n) is 12.2. The number of carbonyl (C=O) groups excluding carboxylic acids is 1. The first-order valence-corrected chi connectivity index (χ1v) is 7.62. The number of hydrogen-bond donors (Lipinski definition) is 2. The van der Waals surface area contributed by atoms with E-state index in [1.165, 1.54) is 16.9 Å². The lowest BCUT2D eigenvalue weighted by Gasteiger charge is -2.02. The van der Waals surface area contributed by atoms with E-state index in [2.05, 4.69) is 20.5 Å². The number of H-pyrrole nitrogens is 1. The van der Waals surface area contributed by atoms with Crippen molar-refractivity contribution >= 4 is 33.3 Å². The van der Waals surface area contributed by atoms with Gasteiger partial charge in [0.15, 0.2) is 0 Å². The number of fused-ring (bicyclic) bond motifs is 1. The van der Waals surface area contributed by atoms with Crippen LogP contribution in [0.2, 0.25) is 0 Å². The van der Waals surface area contributed by atoms with Gasteiger partial charge in [-0.3, -0.25) is 10.1 Å². The van der Waals surface area contributed by atoms with Gasteiger partial charge in [0, 0.05) is 22.2 Å².